The van der Waals surface area contributed by atoms with E-state index in [1.54, 1.807) is 0 Å². The molecule has 1 saturated heterocycles. The molecular formula is C23H28N2O2. The second kappa shape index (κ2) is 8.38. The van der Waals surface area contributed by atoms with Crippen LogP contribution < -0.4 is 5.32 Å². The number of piperidine rings is 1. The van der Waals surface area contributed by atoms with Gasteiger partial charge in [-0.15, -0.1) is 0 Å². The van der Waals surface area contributed by atoms with Crippen molar-refractivity contribution in [1.29, 1.82) is 0 Å². The Labute approximate surface area is 161 Å². The highest BCUT2D eigenvalue weighted by molar-refractivity contribution is 5.96. The maximum absolute atomic E-state index is 12.7. The van der Waals surface area contributed by atoms with Crippen LogP contribution in [0, 0.1) is 6.92 Å². The van der Waals surface area contributed by atoms with Crippen LogP contribution in [-0.4, -0.2) is 35.8 Å². The molecule has 0 saturated carbocycles. The number of hydrogen-bond acceptors (Lipinski definition) is 2. The summed E-state index contributed by atoms with van der Waals surface area (Å²) < 4.78 is 0. The van der Waals surface area contributed by atoms with Gasteiger partial charge in [-0.3, -0.25) is 9.59 Å². The first-order valence-corrected chi connectivity index (χ1v) is 9.71. The summed E-state index contributed by atoms with van der Waals surface area (Å²) in [4.78, 5) is 27.1. The molecule has 1 aliphatic rings. The molecule has 0 radical (unpaired) electrons. The first-order chi connectivity index (χ1) is 13.0. The molecule has 2 aromatic rings. The van der Waals surface area contributed by atoms with Gasteiger partial charge < -0.3 is 10.2 Å². The molecule has 27 heavy (non-hydrogen) atoms. The molecule has 0 unspecified atom stereocenters. The molecular weight excluding hydrogens is 336 g/mol. The van der Waals surface area contributed by atoms with E-state index in [-0.39, 0.29) is 17.9 Å². The second-order valence-electron chi connectivity index (χ2n) is 7.63. The van der Waals surface area contributed by atoms with Crippen molar-refractivity contribution >= 4 is 11.8 Å². The minimum absolute atomic E-state index is 0.0333. The van der Waals surface area contributed by atoms with Gasteiger partial charge in [0, 0.05) is 30.3 Å². The number of carbonyl (C=O) groups excluding carboxylic acids is 2. The molecule has 0 spiro atoms. The average molecular weight is 364 g/mol. The van der Waals surface area contributed by atoms with E-state index in [0.717, 1.165) is 24.0 Å². The summed E-state index contributed by atoms with van der Waals surface area (Å²) in [5.74, 6) is 0.508. The number of aryl methyl sites for hydroxylation is 1. The standard InChI is InChI=1S/C23H28N2O2/c1-16(2)18-8-10-19(11-9-18)22(26)24-20-12-14-25(15-13-20)23(27)21-7-5-4-6-17(21)3/h4-11,16,20H,12-15H2,1-3H3,(H,24,26). The Kier molecular flexibility index (Phi) is 5.94. The van der Waals surface area contributed by atoms with Crippen LogP contribution in [0.2, 0.25) is 0 Å². The van der Waals surface area contributed by atoms with Gasteiger partial charge in [0.15, 0.2) is 0 Å². The van der Waals surface area contributed by atoms with Gasteiger partial charge in [-0.2, -0.15) is 0 Å². The molecule has 0 bridgehead atoms. The SMILES string of the molecule is Cc1ccccc1C(=O)N1CCC(NC(=O)c2ccc(C(C)C)cc2)CC1. The zero-order chi connectivity index (χ0) is 19.4. The number of carbonyl (C=O) groups is 2. The average Bonchev–Trinajstić information content (AvgIpc) is 2.68. The number of nitrogens with zero attached hydrogens (tertiary/aromatic N) is 1. The fourth-order valence-electron chi connectivity index (χ4n) is 3.50. The van der Waals surface area contributed by atoms with E-state index >= 15 is 0 Å². The highest BCUT2D eigenvalue weighted by atomic mass is 16.2. The molecule has 0 aliphatic carbocycles. The van der Waals surface area contributed by atoms with Crippen molar-refractivity contribution in [2.75, 3.05) is 13.1 Å². The number of nitrogens with one attached hydrogen (secondary N) is 1. The Balaban J connectivity index is 1.54. The van der Waals surface area contributed by atoms with E-state index in [9.17, 15) is 9.59 Å². The lowest BCUT2D eigenvalue weighted by atomic mass is 10.0. The molecule has 2 amide bonds. The summed E-state index contributed by atoms with van der Waals surface area (Å²) >= 11 is 0. The molecule has 0 aromatic heterocycles. The summed E-state index contributed by atoms with van der Waals surface area (Å²) in [6, 6.07) is 15.6. The van der Waals surface area contributed by atoms with E-state index in [0.29, 0.717) is 24.6 Å². The maximum atomic E-state index is 12.7. The Morgan fingerprint density at radius 1 is 1.00 bits per heavy atom. The summed E-state index contributed by atoms with van der Waals surface area (Å²) in [6.07, 6.45) is 1.57. The monoisotopic (exact) mass is 364 g/mol. The Bertz CT molecular complexity index is 803. The molecule has 1 heterocycles. The van der Waals surface area contributed by atoms with Crippen molar-refractivity contribution in [2.24, 2.45) is 0 Å². The molecule has 2 aromatic carbocycles. The lowest BCUT2D eigenvalue weighted by Gasteiger charge is -2.32. The largest absolute Gasteiger partial charge is 0.349 e. The summed E-state index contributed by atoms with van der Waals surface area (Å²) in [7, 11) is 0. The lowest BCUT2D eigenvalue weighted by Crippen LogP contribution is -2.46. The lowest BCUT2D eigenvalue weighted by molar-refractivity contribution is 0.0697. The van der Waals surface area contributed by atoms with Crippen LogP contribution in [0.1, 0.15) is 64.4 Å². The maximum Gasteiger partial charge on any atom is 0.254 e. The highest BCUT2D eigenvalue weighted by Gasteiger charge is 2.25. The first-order valence-electron chi connectivity index (χ1n) is 9.71. The van der Waals surface area contributed by atoms with Gasteiger partial charge in [-0.1, -0.05) is 44.2 Å². The van der Waals surface area contributed by atoms with Crippen molar-refractivity contribution in [3.8, 4) is 0 Å². The third-order valence-corrected chi connectivity index (χ3v) is 5.33. The fourth-order valence-corrected chi connectivity index (χ4v) is 3.50. The van der Waals surface area contributed by atoms with Gasteiger partial charge in [0.05, 0.1) is 0 Å². The van der Waals surface area contributed by atoms with Crippen LogP contribution in [0.25, 0.3) is 0 Å². The van der Waals surface area contributed by atoms with Gasteiger partial charge in [0.25, 0.3) is 11.8 Å². The van der Waals surface area contributed by atoms with E-state index in [4.69, 9.17) is 0 Å². The molecule has 3 rings (SSSR count). The Morgan fingerprint density at radius 3 is 2.22 bits per heavy atom. The highest BCUT2D eigenvalue weighted by Crippen LogP contribution is 2.18. The minimum Gasteiger partial charge on any atom is -0.349 e. The molecule has 1 N–H and O–H groups in total. The molecule has 1 aliphatic heterocycles. The van der Waals surface area contributed by atoms with Crippen LogP contribution in [0.4, 0.5) is 0 Å². The van der Waals surface area contributed by atoms with Gasteiger partial charge in [-0.25, -0.2) is 0 Å². The van der Waals surface area contributed by atoms with E-state index in [1.807, 2.05) is 60.4 Å². The van der Waals surface area contributed by atoms with Gasteiger partial charge in [0.1, 0.15) is 0 Å². The number of benzene rings is 2. The van der Waals surface area contributed by atoms with Crippen molar-refractivity contribution < 1.29 is 9.59 Å². The number of rotatable bonds is 4. The van der Waals surface area contributed by atoms with E-state index in [1.165, 1.54) is 5.56 Å². The topological polar surface area (TPSA) is 49.4 Å². The van der Waals surface area contributed by atoms with Crippen LogP contribution in [0.3, 0.4) is 0 Å². The molecule has 4 nitrogen and oxygen atoms in total. The number of hydrogen-bond donors (Lipinski definition) is 1. The summed E-state index contributed by atoms with van der Waals surface area (Å²) in [5, 5.41) is 3.12. The molecule has 4 heteroatoms. The quantitative estimate of drug-likeness (QED) is 0.886. The van der Waals surface area contributed by atoms with E-state index < -0.39 is 0 Å². The molecule has 1 fully saturated rings. The first kappa shape index (κ1) is 19.2. The summed E-state index contributed by atoms with van der Waals surface area (Å²) in [5.41, 5.74) is 3.69. The van der Waals surface area contributed by atoms with Crippen molar-refractivity contribution in [1.82, 2.24) is 10.2 Å². The number of likely N-dealkylation sites (tertiary alicyclic amines) is 1. The van der Waals surface area contributed by atoms with Gasteiger partial charge in [-0.05, 0) is 55.0 Å². The second-order valence-corrected chi connectivity index (χ2v) is 7.63. The zero-order valence-corrected chi connectivity index (χ0v) is 16.4. The smallest absolute Gasteiger partial charge is 0.254 e. The van der Waals surface area contributed by atoms with Crippen LogP contribution in [0.5, 0.6) is 0 Å². The van der Waals surface area contributed by atoms with Crippen molar-refractivity contribution in [3.05, 3.63) is 70.8 Å². The van der Waals surface area contributed by atoms with Crippen LogP contribution >= 0.6 is 0 Å². The van der Waals surface area contributed by atoms with Crippen molar-refractivity contribution in [3.63, 3.8) is 0 Å². The normalized spacial score (nSPS) is 15.0. The fraction of sp³-hybridized carbons (Fsp3) is 0.391. The van der Waals surface area contributed by atoms with E-state index in [2.05, 4.69) is 19.2 Å². The van der Waals surface area contributed by atoms with Crippen LogP contribution in [0.15, 0.2) is 48.5 Å². The molecule has 142 valence electrons. The minimum atomic E-state index is -0.0333. The predicted octanol–water partition coefficient (Wildman–Crippen LogP) is 4.15. The third-order valence-electron chi connectivity index (χ3n) is 5.33. The Hall–Kier alpha value is -2.62. The predicted molar refractivity (Wildman–Crippen MR) is 108 cm³/mol. The molecule has 0 atom stereocenters. The van der Waals surface area contributed by atoms with Gasteiger partial charge in [0.2, 0.25) is 0 Å². The summed E-state index contributed by atoms with van der Waals surface area (Å²) in [6.45, 7) is 7.59. The van der Waals surface area contributed by atoms with Crippen molar-refractivity contribution in [2.45, 2.75) is 45.6 Å². The Morgan fingerprint density at radius 2 is 1.63 bits per heavy atom. The van der Waals surface area contributed by atoms with Gasteiger partial charge >= 0.3 is 0 Å². The third kappa shape index (κ3) is 4.57. The van der Waals surface area contributed by atoms with Crippen LogP contribution in [-0.2, 0) is 0 Å². The zero-order valence-electron chi connectivity index (χ0n) is 16.4. The number of amides is 2.